The maximum atomic E-state index is 11.2. The molecule has 1 aliphatic rings. The van der Waals surface area contributed by atoms with Crippen LogP contribution < -0.4 is 5.32 Å². The van der Waals surface area contributed by atoms with Crippen LogP contribution in [0.1, 0.15) is 33.1 Å². The van der Waals surface area contributed by atoms with E-state index in [1.807, 2.05) is 0 Å². The molecule has 8 nitrogen and oxygen atoms in total. The molecule has 1 fully saturated rings. The Morgan fingerprint density at radius 1 is 1.13 bits per heavy atom. The molecule has 8 atom stereocenters. The zero-order chi connectivity index (χ0) is 17.7. The van der Waals surface area contributed by atoms with Gasteiger partial charge in [0.1, 0.15) is 6.10 Å². The van der Waals surface area contributed by atoms with Gasteiger partial charge in [-0.3, -0.25) is 4.79 Å². The van der Waals surface area contributed by atoms with Gasteiger partial charge in [-0.1, -0.05) is 0 Å². The van der Waals surface area contributed by atoms with Crippen molar-refractivity contribution in [3.05, 3.63) is 0 Å². The molecule has 8 unspecified atom stereocenters. The molecular weight excluding hydrogens is 306 g/mol. The Balaban J connectivity index is 2.69. The van der Waals surface area contributed by atoms with Gasteiger partial charge in [0.25, 0.3) is 0 Å². The van der Waals surface area contributed by atoms with E-state index < -0.39 is 42.5 Å². The summed E-state index contributed by atoms with van der Waals surface area (Å²) < 4.78 is 0. The Labute approximate surface area is 135 Å². The quantitative estimate of drug-likeness (QED) is 0.277. The fourth-order valence-electron chi connectivity index (χ4n) is 3.22. The summed E-state index contributed by atoms with van der Waals surface area (Å²) >= 11 is 0. The third-order valence-electron chi connectivity index (χ3n) is 4.65. The molecule has 0 spiro atoms. The van der Waals surface area contributed by atoms with Crippen LogP contribution in [-0.4, -0.2) is 79.7 Å². The maximum Gasteiger partial charge on any atom is 0.217 e. The number of hydrogen-bond donors (Lipinski definition) is 7. The van der Waals surface area contributed by atoms with E-state index in [1.54, 1.807) is 0 Å². The number of nitrogens with one attached hydrogen (secondary N) is 1. The minimum atomic E-state index is -1.34. The van der Waals surface area contributed by atoms with Crippen LogP contribution in [-0.2, 0) is 4.79 Å². The van der Waals surface area contributed by atoms with Gasteiger partial charge < -0.3 is 36.0 Å². The molecule has 1 amide bonds. The predicted molar refractivity (Wildman–Crippen MR) is 81.2 cm³/mol. The Kier molecular flexibility index (Phi) is 7.85. The molecule has 8 heteroatoms. The molecule has 0 bridgehead atoms. The second-order valence-electron chi connectivity index (χ2n) is 6.53. The van der Waals surface area contributed by atoms with Crippen molar-refractivity contribution in [2.75, 3.05) is 6.61 Å². The second-order valence-corrected chi connectivity index (χ2v) is 6.53. The molecule has 0 aromatic rings. The normalized spacial score (nSPS) is 35.4. The summed E-state index contributed by atoms with van der Waals surface area (Å²) in [5, 5.41) is 61.0. The first kappa shape index (κ1) is 20.3. The van der Waals surface area contributed by atoms with Crippen molar-refractivity contribution in [2.45, 2.75) is 69.7 Å². The van der Waals surface area contributed by atoms with E-state index >= 15 is 0 Å². The second kappa shape index (κ2) is 8.91. The highest BCUT2D eigenvalue weighted by Crippen LogP contribution is 2.33. The summed E-state index contributed by atoms with van der Waals surface area (Å²) in [4.78, 5) is 11.2. The Morgan fingerprint density at radius 2 is 1.70 bits per heavy atom. The minimum Gasteiger partial charge on any atom is -0.396 e. The van der Waals surface area contributed by atoms with E-state index in [4.69, 9.17) is 0 Å². The average molecular weight is 335 g/mol. The average Bonchev–Trinajstić information content (AvgIpc) is 2.49. The van der Waals surface area contributed by atoms with Crippen molar-refractivity contribution in [3.8, 4) is 0 Å². The van der Waals surface area contributed by atoms with Crippen molar-refractivity contribution in [1.82, 2.24) is 5.32 Å². The van der Waals surface area contributed by atoms with Crippen LogP contribution in [0.25, 0.3) is 0 Å². The molecule has 1 rings (SSSR count). The van der Waals surface area contributed by atoms with Crippen molar-refractivity contribution in [2.24, 2.45) is 11.8 Å². The van der Waals surface area contributed by atoms with Gasteiger partial charge in [-0.05, 0) is 32.1 Å². The fraction of sp³-hybridized carbons (Fsp3) is 0.933. The van der Waals surface area contributed by atoms with Crippen LogP contribution >= 0.6 is 0 Å². The van der Waals surface area contributed by atoms with Gasteiger partial charge in [0.05, 0.1) is 30.5 Å². The summed E-state index contributed by atoms with van der Waals surface area (Å²) in [5.41, 5.74) is 0. The highest BCUT2D eigenvalue weighted by Gasteiger charge is 2.42. The molecule has 23 heavy (non-hydrogen) atoms. The van der Waals surface area contributed by atoms with Gasteiger partial charge in [-0.15, -0.1) is 0 Å². The van der Waals surface area contributed by atoms with Crippen LogP contribution in [0.15, 0.2) is 0 Å². The minimum absolute atomic E-state index is 0.286. The van der Waals surface area contributed by atoms with Crippen molar-refractivity contribution in [1.29, 1.82) is 0 Å². The lowest BCUT2D eigenvalue weighted by Gasteiger charge is -2.40. The van der Waals surface area contributed by atoms with E-state index in [0.29, 0.717) is 12.8 Å². The van der Waals surface area contributed by atoms with Gasteiger partial charge in [-0.25, -0.2) is 0 Å². The standard InChI is InChI=1S/C15H29NO7/c1-7(18)12(20)11(16-8(2)19)4-3-9-5-10(6-17)14(22)15(23)13(9)21/h7,9-15,17-18,20-23H,3-6H2,1-2H3,(H,16,19). The monoisotopic (exact) mass is 335 g/mol. The topological polar surface area (TPSA) is 150 Å². The first-order valence-electron chi connectivity index (χ1n) is 7.97. The number of hydrogen-bond acceptors (Lipinski definition) is 7. The zero-order valence-electron chi connectivity index (χ0n) is 13.5. The summed E-state index contributed by atoms with van der Waals surface area (Å²) in [7, 11) is 0. The highest BCUT2D eigenvalue weighted by molar-refractivity contribution is 5.73. The SMILES string of the molecule is CC(=O)NC(CCC1CC(CO)C(O)C(O)C1O)C(O)C(C)O. The smallest absolute Gasteiger partial charge is 0.217 e. The van der Waals surface area contributed by atoms with Crippen molar-refractivity contribution in [3.63, 3.8) is 0 Å². The molecule has 1 saturated carbocycles. The largest absolute Gasteiger partial charge is 0.396 e. The molecular formula is C15H29NO7. The molecule has 136 valence electrons. The number of rotatable bonds is 7. The van der Waals surface area contributed by atoms with E-state index in [9.17, 15) is 35.4 Å². The number of carbonyl (C=O) groups is 1. The lowest BCUT2D eigenvalue weighted by Crippen LogP contribution is -2.53. The van der Waals surface area contributed by atoms with E-state index in [1.165, 1.54) is 13.8 Å². The van der Waals surface area contributed by atoms with E-state index in [0.717, 1.165) is 0 Å². The molecule has 7 N–H and O–H groups in total. The zero-order valence-corrected chi connectivity index (χ0v) is 13.5. The van der Waals surface area contributed by atoms with Crippen LogP contribution in [0.4, 0.5) is 0 Å². The first-order valence-corrected chi connectivity index (χ1v) is 7.97. The van der Waals surface area contributed by atoms with E-state index in [-0.39, 0.29) is 24.9 Å². The fourth-order valence-corrected chi connectivity index (χ4v) is 3.22. The van der Waals surface area contributed by atoms with Crippen molar-refractivity contribution < 1.29 is 35.4 Å². The Hall–Kier alpha value is -0.770. The number of aliphatic hydroxyl groups excluding tert-OH is 6. The molecule has 0 saturated heterocycles. The van der Waals surface area contributed by atoms with Gasteiger partial charge in [-0.2, -0.15) is 0 Å². The van der Waals surface area contributed by atoms with Crippen molar-refractivity contribution >= 4 is 5.91 Å². The molecule has 0 aromatic heterocycles. The summed E-state index contributed by atoms with van der Waals surface area (Å²) in [6.45, 7) is 2.42. The summed E-state index contributed by atoms with van der Waals surface area (Å²) in [6, 6.07) is -0.684. The third-order valence-corrected chi connectivity index (χ3v) is 4.65. The molecule has 1 aliphatic carbocycles. The third kappa shape index (κ3) is 5.37. The molecule has 0 heterocycles. The highest BCUT2D eigenvalue weighted by atomic mass is 16.4. The number of amides is 1. The first-order chi connectivity index (χ1) is 10.7. The van der Waals surface area contributed by atoms with Crippen LogP contribution in [0.2, 0.25) is 0 Å². The van der Waals surface area contributed by atoms with Crippen LogP contribution in [0.3, 0.4) is 0 Å². The predicted octanol–water partition coefficient (Wildman–Crippen LogP) is -2.28. The van der Waals surface area contributed by atoms with Gasteiger partial charge in [0, 0.05) is 19.4 Å². The maximum absolute atomic E-state index is 11.2. The van der Waals surface area contributed by atoms with Gasteiger partial charge in [0.2, 0.25) is 5.91 Å². The molecule has 0 aliphatic heterocycles. The number of carbonyl (C=O) groups excluding carboxylic acids is 1. The molecule has 0 radical (unpaired) electrons. The van der Waals surface area contributed by atoms with Crippen LogP contribution in [0.5, 0.6) is 0 Å². The summed E-state index contributed by atoms with van der Waals surface area (Å²) in [6.07, 6.45) is -4.87. The lowest BCUT2D eigenvalue weighted by molar-refractivity contribution is -0.144. The molecule has 0 aromatic carbocycles. The number of aliphatic hydroxyl groups is 6. The lowest BCUT2D eigenvalue weighted by atomic mass is 9.73. The summed E-state index contributed by atoms with van der Waals surface area (Å²) in [5.74, 6) is -1.26. The van der Waals surface area contributed by atoms with E-state index in [2.05, 4.69) is 5.32 Å². The van der Waals surface area contributed by atoms with Gasteiger partial charge >= 0.3 is 0 Å². The van der Waals surface area contributed by atoms with Gasteiger partial charge in [0.15, 0.2) is 0 Å². The Morgan fingerprint density at radius 3 is 2.17 bits per heavy atom. The Bertz CT molecular complexity index is 377. The van der Waals surface area contributed by atoms with Crippen LogP contribution in [0, 0.1) is 11.8 Å².